The molecule has 0 heterocycles. The summed E-state index contributed by atoms with van der Waals surface area (Å²) in [5.41, 5.74) is 6.82. The Balaban J connectivity index is 3.14. The molecular weight excluding hydrogens is 246 g/mol. The third-order valence-electron chi connectivity index (χ3n) is 2.51. The lowest BCUT2D eigenvalue weighted by Gasteiger charge is -2.10. The van der Waals surface area contributed by atoms with E-state index in [0.717, 1.165) is 5.56 Å². The average molecular weight is 265 g/mol. The first-order chi connectivity index (χ1) is 9.13. The molecule has 0 radical (unpaired) electrons. The minimum absolute atomic E-state index is 0.223. The molecule has 104 valence electrons. The van der Waals surface area contributed by atoms with Crippen molar-refractivity contribution in [2.75, 3.05) is 19.8 Å². The van der Waals surface area contributed by atoms with E-state index in [4.69, 9.17) is 15.2 Å². The van der Waals surface area contributed by atoms with Gasteiger partial charge in [0.25, 0.3) is 0 Å². The third-order valence-corrected chi connectivity index (χ3v) is 2.51. The van der Waals surface area contributed by atoms with Crippen LogP contribution >= 0.6 is 0 Å². The molecule has 5 heteroatoms. The lowest BCUT2D eigenvalue weighted by molar-refractivity contribution is 0.0479. The topological polar surface area (TPSA) is 78.6 Å². The maximum atomic E-state index is 11.9. The third kappa shape index (κ3) is 4.06. The summed E-state index contributed by atoms with van der Waals surface area (Å²) in [7, 11) is 0. The normalized spacial score (nSPS) is 10.1. The lowest BCUT2D eigenvalue weighted by atomic mass is 10.0. The van der Waals surface area contributed by atoms with Crippen LogP contribution in [-0.2, 0) is 15.9 Å². The van der Waals surface area contributed by atoms with Gasteiger partial charge in [-0.3, -0.25) is 0 Å². The van der Waals surface area contributed by atoms with E-state index in [2.05, 4.69) is 0 Å². The maximum Gasteiger partial charge on any atom is 0.339 e. The Hall–Kier alpha value is -1.88. The van der Waals surface area contributed by atoms with Gasteiger partial charge in [-0.2, -0.15) is 0 Å². The molecule has 0 aliphatic rings. The predicted octanol–water partition coefficient (Wildman–Crippen LogP) is 1.54. The largest absolute Gasteiger partial charge is 0.462 e. The first-order valence-electron chi connectivity index (χ1n) is 6.31. The monoisotopic (exact) mass is 265 g/mol. The molecule has 1 rings (SSSR count). The number of nitrogens with two attached hydrogens (primary N) is 1. The lowest BCUT2D eigenvalue weighted by Crippen LogP contribution is -2.15. The molecule has 1 aromatic carbocycles. The van der Waals surface area contributed by atoms with Crippen molar-refractivity contribution in [1.29, 1.82) is 0 Å². The second kappa shape index (κ2) is 7.53. The number of benzene rings is 1. The second-order valence-electron chi connectivity index (χ2n) is 3.86. The molecule has 0 atom stereocenters. The Morgan fingerprint density at radius 2 is 1.63 bits per heavy atom. The van der Waals surface area contributed by atoms with E-state index < -0.39 is 11.9 Å². The minimum atomic E-state index is -0.524. The molecule has 0 spiro atoms. The van der Waals surface area contributed by atoms with Crippen molar-refractivity contribution < 1.29 is 19.1 Å². The van der Waals surface area contributed by atoms with Crippen molar-refractivity contribution >= 4 is 11.9 Å². The highest BCUT2D eigenvalue weighted by Gasteiger charge is 2.19. The van der Waals surface area contributed by atoms with E-state index in [1.54, 1.807) is 32.0 Å². The molecule has 0 aliphatic carbocycles. The molecule has 2 N–H and O–H groups in total. The number of carbonyl (C=O) groups excluding carboxylic acids is 2. The molecule has 0 saturated heterocycles. The van der Waals surface area contributed by atoms with Gasteiger partial charge in [0.1, 0.15) is 0 Å². The first-order valence-corrected chi connectivity index (χ1v) is 6.31. The van der Waals surface area contributed by atoms with E-state index in [1.807, 2.05) is 0 Å². The van der Waals surface area contributed by atoms with Gasteiger partial charge in [0, 0.05) is 0 Å². The predicted molar refractivity (Wildman–Crippen MR) is 71.1 cm³/mol. The molecule has 0 fully saturated rings. The zero-order valence-corrected chi connectivity index (χ0v) is 11.3. The van der Waals surface area contributed by atoms with Crippen molar-refractivity contribution in [2.45, 2.75) is 20.3 Å². The van der Waals surface area contributed by atoms with Crippen LogP contribution in [0.5, 0.6) is 0 Å². The Morgan fingerprint density at radius 3 is 2.16 bits per heavy atom. The molecule has 5 nitrogen and oxygen atoms in total. The number of esters is 2. The second-order valence-corrected chi connectivity index (χ2v) is 3.86. The van der Waals surface area contributed by atoms with Crippen LogP contribution in [0.2, 0.25) is 0 Å². The molecule has 1 aromatic rings. The summed E-state index contributed by atoms with van der Waals surface area (Å²) in [5.74, 6) is -1.05. The number of rotatable bonds is 6. The van der Waals surface area contributed by atoms with E-state index in [0.29, 0.717) is 13.0 Å². The van der Waals surface area contributed by atoms with Gasteiger partial charge in [-0.1, -0.05) is 6.07 Å². The van der Waals surface area contributed by atoms with Crippen LogP contribution in [0.25, 0.3) is 0 Å². The number of hydrogen-bond acceptors (Lipinski definition) is 5. The van der Waals surface area contributed by atoms with E-state index in [-0.39, 0.29) is 24.3 Å². The molecule has 0 saturated carbocycles. The number of carbonyl (C=O) groups is 2. The minimum Gasteiger partial charge on any atom is -0.462 e. The SMILES string of the molecule is CCOC(=O)c1ccc(CCN)cc1C(=O)OCC. The molecule has 0 aliphatic heterocycles. The fourth-order valence-corrected chi connectivity index (χ4v) is 1.68. The molecule has 19 heavy (non-hydrogen) atoms. The van der Waals surface area contributed by atoms with E-state index >= 15 is 0 Å². The van der Waals surface area contributed by atoms with E-state index in [9.17, 15) is 9.59 Å². The summed E-state index contributed by atoms with van der Waals surface area (Å²) in [5, 5.41) is 0. The Bertz CT molecular complexity index is 457. The van der Waals surface area contributed by atoms with Gasteiger partial charge < -0.3 is 15.2 Å². The van der Waals surface area contributed by atoms with Crippen LogP contribution in [-0.4, -0.2) is 31.7 Å². The highest BCUT2D eigenvalue weighted by atomic mass is 16.5. The number of ether oxygens (including phenoxy) is 2. The quantitative estimate of drug-likeness (QED) is 0.789. The van der Waals surface area contributed by atoms with Crippen molar-refractivity contribution in [3.63, 3.8) is 0 Å². The van der Waals surface area contributed by atoms with E-state index in [1.165, 1.54) is 0 Å². The summed E-state index contributed by atoms with van der Waals surface area (Å²) in [4.78, 5) is 23.7. The van der Waals surface area contributed by atoms with Gasteiger partial charge >= 0.3 is 11.9 Å². The highest BCUT2D eigenvalue weighted by molar-refractivity contribution is 6.03. The highest BCUT2D eigenvalue weighted by Crippen LogP contribution is 2.15. The fourth-order valence-electron chi connectivity index (χ4n) is 1.68. The average Bonchev–Trinajstić information content (AvgIpc) is 2.39. The van der Waals surface area contributed by atoms with Crippen molar-refractivity contribution in [2.24, 2.45) is 5.73 Å². The Morgan fingerprint density at radius 1 is 1.05 bits per heavy atom. The van der Waals surface area contributed by atoms with Crippen LogP contribution in [0.1, 0.15) is 40.1 Å². The fraction of sp³-hybridized carbons (Fsp3) is 0.429. The Kier molecular flexibility index (Phi) is 6.02. The first kappa shape index (κ1) is 15.2. The summed E-state index contributed by atoms with van der Waals surface area (Å²) in [6.45, 7) is 4.41. The van der Waals surface area contributed by atoms with Gasteiger partial charge in [-0.05, 0) is 44.5 Å². The maximum absolute atomic E-state index is 11.9. The molecule has 0 unspecified atom stereocenters. The van der Waals surface area contributed by atoms with Gasteiger partial charge in [-0.15, -0.1) is 0 Å². The molecule has 0 aromatic heterocycles. The summed E-state index contributed by atoms with van der Waals surface area (Å²) < 4.78 is 9.88. The number of hydrogen-bond donors (Lipinski definition) is 1. The zero-order chi connectivity index (χ0) is 14.3. The molecular formula is C14H19NO4. The van der Waals surface area contributed by atoms with Gasteiger partial charge in [0.15, 0.2) is 0 Å². The smallest absolute Gasteiger partial charge is 0.339 e. The van der Waals surface area contributed by atoms with Gasteiger partial charge in [-0.25, -0.2) is 9.59 Å². The summed E-state index contributed by atoms with van der Waals surface area (Å²) in [6.07, 6.45) is 0.634. The zero-order valence-electron chi connectivity index (χ0n) is 11.3. The Labute approximate surface area is 112 Å². The van der Waals surface area contributed by atoms with Crippen LogP contribution in [0.15, 0.2) is 18.2 Å². The van der Waals surface area contributed by atoms with Crippen LogP contribution in [0, 0.1) is 0 Å². The van der Waals surface area contributed by atoms with Crippen molar-refractivity contribution in [3.8, 4) is 0 Å². The van der Waals surface area contributed by atoms with Crippen LogP contribution < -0.4 is 5.73 Å². The van der Waals surface area contributed by atoms with Crippen molar-refractivity contribution in [3.05, 3.63) is 34.9 Å². The standard InChI is InChI=1S/C14H19NO4/c1-3-18-13(16)11-6-5-10(7-8-15)9-12(11)14(17)19-4-2/h5-6,9H,3-4,7-8,15H2,1-2H3. The van der Waals surface area contributed by atoms with Crippen molar-refractivity contribution in [1.82, 2.24) is 0 Å². The van der Waals surface area contributed by atoms with Gasteiger partial charge in [0.2, 0.25) is 0 Å². The van der Waals surface area contributed by atoms with Crippen LogP contribution in [0.4, 0.5) is 0 Å². The molecule has 0 amide bonds. The summed E-state index contributed by atoms with van der Waals surface area (Å²) in [6, 6.07) is 4.98. The van der Waals surface area contributed by atoms with Gasteiger partial charge in [0.05, 0.1) is 24.3 Å². The molecule has 0 bridgehead atoms. The van der Waals surface area contributed by atoms with Crippen LogP contribution in [0.3, 0.4) is 0 Å². The summed E-state index contributed by atoms with van der Waals surface area (Å²) >= 11 is 0.